The zero-order valence-electron chi connectivity index (χ0n) is 10.5. The minimum atomic E-state index is -0.774. The van der Waals surface area contributed by atoms with Crippen molar-refractivity contribution in [1.29, 1.82) is 5.26 Å². The van der Waals surface area contributed by atoms with Crippen LogP contribution in [0.25, 0.3) is 0 Å². The molecule has 0 saturated carbocycles. The summed E-state index contributed by atoms with van der Waals surface area (Å²) in [5, 5.41) is 8.86. The quantitative estimate of drug-likeness (QED) is 0.725. The van der Waals surface area contributed by atoms with Crippen LogP contribution in [0.5, 0.6) is 0 Å². The molecule has 0 bridgehead atoms. The average Bonchev–Trinajstić information content (AvgIpc) is 2.39. The second-order valence-corrected chi connectivity index (χ2v) is 3.80. The van der Waals surface area contributed by atoms with E-state index in [0.29, 0.717) is 6.42 Å². The lowest BCUT2D eigenvalue weighted by Crippen LogP contribution is -2.17. The summed E-state index contributed by atoms with van der Waals surface area (Å²) in [4.78, 5) is 11.0. The zero-order valence-corrected chi connectivity index (χ0v) is 10.5. The van der Waals surface area contributed by atoms with E-state index in [9.17, 15) is 4.79 Å². The van der Waals surface area contributed by atoms with Gasteiger partial charge in [-0.15, -0.1) is 0 Å². The number of ether oxygens (including phenoxy) is 2. The second-order valence-electron chi connectivity index (χ2n) is 3.80. The van der Waals surface area contributed by atoms with Crippen LogP contribution < -0.4 is 0 Å². The predicted octanol–water partition coefficient (Wildman–Crippen LogP) is 3.07. The third kappa shape index (κ3) is 5.35. The maximum absolute atomic E-state index is 11.0. The van der Waals surface area contributed by atoms with Crippen LogP contribution in [0.1, 0.15) is 25.3 Å². The molecule has 0 amide bonds. The van der Waals surface area contributed by atoms with Gasteiger partial charge in [0.2, 0.25) is 0 Å². The van der Waals surface area contributed by atoms with Crippen LogP contribution >= 0.6 is 0 Å². The van der Waals surface area contributed by atoms with Gasteiger partial charge >= 0.3 is 6.16 Å². The van der Waals surface area contributed by atoms with E-state index in [4.69, 9.17) is 10.00 Å². The van der Waals surface area contributed by atoms with Gasteiger partial charge in [0.05, 0.1) is 6.61 Å². The number of nitriles is 1. The van der Waals surface area contributed by atoms with Crippen molar-refractivity contribution in [2.75, 3.05) is 6.61 Å². The first-order valence-electron chi connectivity index (χ1n) is 6.03. The van der Waals surface area contributed by atoms with E-state index in [2.05, 4.69) is 4.74 Å². The fourth-order valence-electron chi connectivity index (χ4n) is 1.55. The molecular weight excluding hydrogens is 230 g/mol. The van der Waals surface area contributed by atoms with Crippen molar-refractivity contribution < 1.29 is 14.3 Å². The maximum atomic E-state index is 11.0. The van der Waals surface area contributed by atoms with E-state index < -0.39 is 12.3 Å². The van der Waals surface area contributed by atoms with Crippen LogP contribution in [0.4, 0.5) is 4.79 Å². The molecular formula is C14H17NO3. The van der Waals surface area contributed by atoms with Crippen molar-refractivity contribution in [1.82, 2.24) is 0 Å². The Morgan fingerprint density at radius 2 is 2.11 bits per heavy atom. The Bertz CT molecular complexity index is 397. The third-order valence-electron chi connectivity index (χ3n) is 2.42. The first-order chi connectivity index (χ1) is 8.76. The van der Waals surface area contributed by atoms with Gasteiger partial charge < -0.3 is 9.47 Å². The van der Waals surface area contributed by atoms with Crippen LogP contribution in [0.15, 0.2) is 30.3 Å². The largest absolute Gasteiger partial charge is 0.509 e. The molecule has 0 N–H and O–H groups in total. The summed E-state index contributed by atoms with van der Waals surface area (Å²) in [6, 6.07) is 11.9. The van der Waals surface area contributed by atoms with Crippen molar-refractivity contribution in [3.05, 3.63) is 35.9 Å². The number of hydrogen-bond acceptors (Lipinski definition) is 4. The molecule has 0 aliphatic carbocycles. The molecule has 0 saturated heterocycles. The SMILES string of the molecule is CCOC(=O)O[C@@H](C#N)CCCc1ccccc1. The molecule has 96 valence electrons. The molecule has 4 heteroatoms. The van der Waals surface area contributed by atoms with Gasteiger partial charge in [0.15, 0.2) is 6.10 Å². The molecule has 0 fully saturated rings. The predicted molar refractivity (Wildman–Crippen MR) is 66.9 cm³/mol. The molecule has 1 aromatic carbocycles. The molecule has 0 aromatic heterocycles. The summed E-state index contributed by atoms with van der Waals surface area (Å²) in [5.74, 6) is 0. The van der Waals surface area contributed by atoms with Crippen molar-refractivity contribution >= 4 is 6.16 Å². The molecule has 18 heavy (non-hydrogen) atoms. The van der Waals surface area contributed by atoms with Crippen molar-refractivity contribution in [3.63, 3.8) is 0 Å². The minimum Gasteiger partial charge on any atom is -0.435 e. The molecule has 0 aliphatic heterocycles. The van der Waals surface area contributed by atoms with E-state index in [-0.39, 0.29) is 6.61 Å². The summed E-state index contributed by atoms with van der Waals surface area (Å²) in [5.41, 5.74) is 1.21. The molecule has 0 heterocycles. The second kappa shape index (κ2) is 8.13. The summed E-state index contributed by atoms with van der Waals surface area (Å²) >= 11 is 0. The first-order valence-corrected chi connectivity index (χ1v) is 6.03. The van der Waals surface area contributed by atoms with Gasteiger partial charge in [0, 0.05) is 0 Å². The number of nitrogens with zero attached hydrogens (tertiary/aromatic N) is 1. The maximum Gasteiger partial charge on any atom is 0.509 e. The highest BCUT2D eigenvalue weighted by Gasteiger charge is 2.13. The number of hydrogen-bond donors (Lipinski definition) is 0. The van der Waals surface area contributed by atoms with E-state index in [1.807, 2.05) is 36.4 Å². The number of aryl methyl sites for hydroxylation is 1. The van der Waals surface area contributed by atoms with Crippen LogP contribution in [0.2, 0.25) is 0 Å². The van der Waals surface area contributed by atoms with Crippen LogP contribution in [-0.2, 0) is 15.9 Å². The van der Waals surface area contributed by atoms with E-state index >= 15 is 0 Å². The monoisotopic (exact) mass is 247 g/mol. The van der Waals surface area contributed by atoms with Gasteiger partial charge in [-0.25, -0.2) is 4.79 Å². The zero-order chi connectivity index (χ0) is 13.2. The Hall–Kier alpha value is -2.02. The fraction of sp³-hybridized carbons (Fsp3) is 0.429. The van der Waals surface area contributed by atoms with Gasteiger partial charge in [-0.3, -0.25) is 0 Å². The minimum absolute atomic E-state index is 0.251. The Morgan fingerprint density at radius 1 is 1.39 bits per heavy atom. The fourth-order valence-corrected chi connectivity index (χ4v) is 1.55. The lowest BCUT2D eigenvalue weighted by atomic mass is 10.1. The Kier molecular flexibility index (Phi) is 6.34. The highest BCUT2D eigenvalue weighted by molar-refractivity contribution is 5.60. The van der Waals surface area contributed by atoms with Gasteiger partial charge in [-0.05, 0) is 31.7 Å². The average molecular weight is 247 g/mol. The van der Waals surface area contributed by atoms with Gasteiger partial charge in [-0.1, -0.05) is 30.3 Å². The normalized spacial score (nSPS) is 11.3. The van der Waals surface area contributed by atoms with E-state index in [0.717, 1.165) is 12.8 Å². The highest BCUT2D eigenvalue weighted by Crippen LogP contribution is 2.09. The summed E-state index contributed by atoms with van der Waals surface area (Å²) in [6.07, 6.45) is 0.674. The Balaban J connectivity index is 2.28. The number of benzene rings is 1. The van der Waals surface area contributed by atoms with Gasteiger partial charge in [0.1, 0.15) is 6.07 Å². The molecule has 0 unspecified atom stereocenters. The number of rotatable bonds is 6. The van der Waals surface area contributed by atoms with Crippen molar-refractivity contribution in [2.45, 2.75) is 32.3 Å². The van der Waals surface area contributed by atoms with Gasteiger partial charge in [-0.2, -0.15) is 5.26 Å². The first kappa shape index (κ1) is 14.0. The lowest BCUT2D eigenvalue weighted by Gasteiger charge is -2.10. The third-order valence-corrected chi connectivity index (χ3v) is 2.42. The summed E-state index contributed by atoms with van der Waals surface area (Å²) < 4.78 is 9.48. The highest BCUT2D eigenvalue weighted by atomic mass is 16.7. The van der Waals surface area contributed by atoms with E-state index in [1.54, 1.807) is 6.92 Å². The number of carbonyl (C=O) groups is 1. The van der Waals surface area contributed by atoms with Crippen LogP contribution in [-0.4, -0.2) is 18.9 Å². The Labute approximate surface area is 107 Å². The lowest BCUT2D eigenvalue weighted by molar-refractivity contribution is 0.0399. The molecule has 0 radical (unpaired) electrons. The summed E-state index contributed by atoms with van der Waals surface area (Å²) in [6.45, 7) is 1.94. The van der Waals surface area contributed by atoms with Crippen molar-refractivity contribution in [2.24, 2.45) is 0 Å². The molecule has 0 spiro atoms. The smallest absolute Gasteiger partial charge is 0.435 e. The van der Waals surface area contributed by atoms with Gasteiger partial charge in [0.25, 0.3) is 0 Å². The van der Waals surface area contributed by atoms with Crippen LogP contribution in [0, 0.1) is 11.3 Å². The Morgan fingerprint density at radius 3 is 2.72 bits per heavy atom. The van der Waals surface area contributed by atoms with Crippen molar-refractivity contribution in [3.8, 4) is 6.07 Å². The molecule has 0 aliphatic rings. The molecule has 1 atom stereocenters. The van der Waals surface area contributed by atoms with Crippen LogP contribution in [0.3, 0.4) is 0 Å². The molecule has 4 nitrogen and oxygen atoms in total. The number of carbonyl (C=O) groups excluding carboxylic acids is 1. The van der Waals surface area contributed by atoms with E-state index in [1.165, 1.54) is 5.56 Å². The topological polar surface area (TPSA) is 59.3 Å². The summed E-state index contributed by atoms with van der Waals surface area (Å²) in [7, 11) is 0. The standard InChI is InChI=1S/C14H17NO3/c1-2-17-14(16)18-13(11-15)10-6-9-12-7-4-3-5-8-12/h3-5,7-8,13H,2,6,9-10H2,1H3/t13-/m1/s1. The molecule has 1 rings (SSSR count). The molecule has 1 aromatic rings.